The smallest absolute Gasteiger partial charge is 0.345 e. The largest absolute Gasteiger partial charge is 0.391 e. The first kappa shape index (κ1) is 23.4. The van der Waals surface area contributed by atoms with Crippen molar-refractivity contribution in [3.8, 4) is 0 Å². The van der Waals surface area contributed by atoms with Crippen molar-refractivity contribution < 1.29 is 36.7 Å². The molecule has 0 saturated carbocycles. The third kappa shape index (κ3) is 4.92. The molecule has 0 radical (unpaired) electrons. The Balaban J connectivity index is 1.53. The second-order valence-corrected chi connectivity index (χ2v) is 8.17. The normalized spacial score (nSPS) is 19.0. The number of carbonyl (C=O) groups excluding carboxylic acids is 4. The number of carbonyl (C=O) groups is 4. The fourth-order valence-corrected chi connectivity index (χ4v) is 4.16. The second-order valence-electron chi connectivity index (χ2n) is 8.17. The van der Waals surface area contributed by atoms with Crippen molar-refractivity contribution in [3.63, 3.8) is 0 Å². The van der Waals surface area contributed by atoms with Gasteiger partial charge in [-0.2, -0.15) is 13.2 Å². The zero-order chi connectivity index (χ0) is 24.6. The highest BCUT2D eigenvalue weighted by atomic mass is 19.4. The van der Waals surface area contributed by atoms with Crippen LogP contribution in [0, 0.1) is 5.82 Å². The molecule has 4 rings (SSSR count). The van der Waals surface area contributed by atoms with Crippen LogP contribution >= 0.6 is 0 Å². The zero-order valence-electron chi connectivity index (χ0n) is 17.6. The molecule has 2 aliphatic rings. The van der Waals surface area contributed by atoms with Gasteiger partial charge in [-0.25, -0.2) is 4.39 Å². The van der Waals surface area contributed by atoms with Gasteiger partial charge in [0.1, 0.15) is 11.9 Å². The molecule has 2 aromatic carbocycles. The molecule has 2 N–H and O–H groups in total. The molecular weight excluding hydrogens is 458 g/mol. The van der Waals surface area contributed by atoms with Crippen LogP contribution in [0.4, 0.5) is 17.6 Å². The quantitative estimate of drug-likeness (QED) is 0.511. The van der Waals surface area contributed by atoms with Crippen LogP contribution in [0.15, 0.2) is 42.5 Å². The Bertz CT molecular complexity index is 1180. The fourth-order valence-electron chi connectivity index (χ4n) is 4.16. The summed E-state index contributed by atoms with van der Waals surface area (Å²) in [6.07, 6.45) is -5.75. The Morgan fingerprint density at radius 3 is 2.59 bits per heavy atom. The predicted molar refractivity (Wildman–Crippen MR) is 110 cm³/mol. The van der Waals surface area contributed by atoms with Crippen LogP contribution in [0.3, 0.4) is 0 Å². The summed E-state index contributed by atoms with van der Waals surface area (Å²) in [5.74, 6) is -3.00. The summed E-state index contributed by atoms with van der Waals surface area (Å²) in [4.78, 5) is 50.4. The standard InChI is InChI=1S/C23H19F4N3O4/c24-15-3-1-2-12(9-15)17(10-23(25,26)27)28-20(32)13-4-5-16-14(8-13)11-30(22(16)34)18-6-7-19(31)29-21(18)33/h1-5,8-9,17-18H,6-7,10-11H2,(H,28,32)(H,29,31,33). The molecule has 1 saturated heterocycles. The zero-order valence-corrected chi connectivity index (χ0v) is 17.6. The number of nitrogens with zero attached hydrogens (tertiary/aromatic N) is 1. The highest BCUT2D eigenvalue weighted by Crippen LogP contribution is 2.31. The van der Waals surface area contributed by atoms with E-state index in [1.54, 1.807) is 0 Å². The molecule has 178 valence electrons. The van der Waals surface area contributed by atoms with Crippen LogP contribution in [0.1, 0.15) is 57.1 Å². The number of rotatable bonds is 5. The van der Waals surface area contributed by atoms with Gasteiger partial charge in [-0.05, 0) is 47.9 Å². The molecular formula is C23H19F4N3O4. The molecule has 0 bridgehead atoms. The third-order valence-corrected chi connectivity index (χ3v) is 5.78. The van der Waals surface area contributed by atoms with Crippen molar-refractivity contribution in [2.75, 3.05) is 0 Å². The van der Waals surface area contributed by atoms with Gasteiger partial charge >= 0.3 is 6.18 Å². The van der Waals surface area contributed by atoms with Gasteiger partial charge < -0.3 is 10.2 Å². The van der Waals surface area contributed by atoms with E-state index in [1.165, 1.54) is 35.2 Å². The minimum Gasteiger partial charge on any atom is -0.345 e. The number of hydrogen-bond donors (Lipinski definition) is 2. The van der Waals surface area contributed by atoms with E-state index >= 15 is 0 Å². The number of benzene rings is 2. The second kappa shape index (κ2) is 8.88. The summed E-state index contributed by atoms with van der Waals surface area (Å²) in [5.41, 5.74) is 0.671. The lowest BCUT2D eigenvalue weighted by Crippen LogP contribution is -2.52. The Kier molecular flexibility index (Phi) is 6.11. The lowest BCUT2D eigenvalue weighted by Gasteiger charge is -2.29. The highest BCUT2D eigenvalue weighted by Gasteiger charge is 2.39. The van der Waals surface area contributed by atoms with Crippen LogP contribution in [-0.2, 0) is 16.1 Å². The summed E-state index contributed by atoms with van der Waals surface area (Å²) in [6.45, 7) is 0.0113. The van der Waals surface area contributed by atoms with E-state index in [0.29, 0.717) is 5.56 Å². The van der Waals surface area contributed by atoms with Crippen LogP contribution in [-0.4, -0.2) is 40.7 Å². The minimum absolute atomic E-state index is 0.0113. The molecule has 2 atom stereocenters. The van der Waals surface area contributed by atoms with Gasteiger partial charge in [-0.15, -0.1) is 0 Å². The SMILES string of the molecule is O=C1CCC(N2Cc3cc(C(=O)NC(CC(F)(F)F)c4cccc(F)c4)ccc3C2=O)C(=O)N1. The molecule has 34 heavy (non-hydrogen) atoms. The van der Waals surface area contributed by atoms with Gasteiger partial charge in [0.05, 0.1) is 12.5 Å². The first-order chi connectivity index (χ1) is 16.0. The molecule has 1 fully saturated rings. The van der Waals surface area contributed by atoms with E-state index in [4.69, 9.17) is 0 Å². The molecule has 0 spiro atoms. The van der Waals surface area contributed by atoms with Crippen molar-refractivity contribution >= 4 is 23.6 Å². The van der Waals surface area contributed by atoms with Crippen LogP contribution < -0.4 is 10.6 Å². The number of piperidine rings is 1. The number of fused-ring (bicyclic) bond motifs is 1. The lowest BCUT2D eigenvalue weighted by atomic mass is 10.0. The van der Waals surface area contributed by atoms with Crippen LogP contribution in [0.5, 0.6) is 0 Å². The van der Waals surface area contributed by atoms with Gasteiger partial charge in [-0.3, -0.25) is 24.5 Å². The van der Waals surface area contributed by atoms with E-state index in [0.717, 1.165) is 12.1 Å². The van der Waals surface area contributed by atoms with Crippen molar-refractivity contribution in [1.29, 1.82) is 0 Å². The molecule has 4 amide bonds. The molecule has 2 unspecified atom stereocenters. The summed E-state index contributed by atoms with van der Waals surface area (Å²) in [6, 6.07) is 6.26. The van der Waals surface area contributed by atoms with Gasteiger partial charge in [0.2, 0.25) is 11.8 Å². The molecule has 2 aliphatic heterocycles. The molecule has 2 aromatic rings. The van der Waals surface area contributed by atoms with Crippen LogP contribution in [0.25, 0.3) is 0 Å². The van der Waals surface area contributed by atoms with Crippen molar-refractivity contribution in [1.82, 2.24) is 15.5 Å². The van der Waals surface area contributed by atoms with Gasteiger partial charge in [-0.1, -0.05) is 12.1 Å². The summed E-state index contributed by atoms with van der Waals surface area (Å²) < 4.78 is 52.9. The van der Waals surface area contributed by atoms with E-state index in [-0.39, 0.29) is 36.1 Å². The first-order valence-electron chi connectivity index (χ1n) is 10.4. The number of amides is 4. The van der Waals surface area contributed by atoms with E-state index in [9.17, 15) is 36.7 Å². The van der Waals surface area contributed by atoms with E-state index in [2.05, 4.69) is 10.6 Å². The average Bonchev–Trinajstić information content (AvgIpc) is 3.08. The molecule has 0 aliphatic carbocycles. The van der Waals surface area contributed by atoms with Crippen molar-refractivity contribution in [2.24, 2.45) is 0 Å². The topological polar surface area (TPSA) is 95.6 Å². The maximum atomic E-state index is 13.6. The lowest BCUT2D eigenvalue weighted by molar-refractivity contribution is -0.140. The summed E-state index contributed by atoms with van der Waals surface area (Å²) >= 11 is 0. The van der Waals surface area contributed by atoms with Crippen molar-refractivity contribution in [3.05, 3.63) is 70.5 Å². The Morgan fingerprint density at radius 2 is 1.91 bits per heavy atom. The maximum Gasteiger partial charge on any atom is 0.391 e. The number of hydrogen-bond acceptors (Lipinski definition) is 4. The number of alkyl halides is 3. The van der Waals surface area contributed by atoms with Crippen LogP contribution in [0.2, 0.25) is 0 Å². The third-order valence-electron chi connectivity index (χ3n) is 5.78. The highest BCUT2D eigenvalue weighted by molar-refractivity contribution is 6.06. The van der Waals surface area contributed by atoms with Gasteiger partial charge in [0.25, 0.3) is 11.8 Å². The number of imide groups is 1. The van der Waals surface area contributed by atoms with Gasteiger partial charge in [0.15, 0.2) is 0 Å². The molecule has 11 heteroatoms. The predicted octanol–water partition coefficient (Wildman–Crippen LogP) is 3.01. The molecule has 0 aromatic heterocycles. The summed E-state index contributed by atoms with van der Waals surface area (Å²) in [7, 11) is 0. The molecule has 2 heterocycles. The first-order valence-corrected chi connectivity index (χ1v) is 10.4. The average molecular weight is 477 g/mol. The number of halogens is 4. The summed E-state index contributed by atoms with van der Waals surface area (Å²) in [5, 5.41) is 4.48. The van der Waals surface area contributed by atoms with Gasteiger partial charge in [0, 0.05) is 24.1 Å². The Hall–Kier alpha value is -3.76. The number of nitrogens with one attached hydrogen (secondary N) is 2. The minimum atomic E-state index is -4.61. The fraction of sp³-hybridized carbons (Fsp3) is 0.304. The maximum absolute atomic E-state index is 13.6. The van der Waals surface area contributed by atoms with E-state index < -0.39 is 54.1 Å². The monoisotopic (exact) mass is 477 g/mol. The van der Waals surface area contributed by atoms with Crippen molar-refractivity contribution in [2.45, 2.75) is 44.1 Å². The van der Waals surface area contributed by atoms with E-state index in [1.807, 2.05) is 0 Å². The Morgan fingerprint density at radius 1 is 1.15 bits per heavy atom. The molecule has 7 nitrogen and oxygen atoms in total. The Labute approximate surface area is 191 Å².